The number of carbonyl (C=O) groups excluding carboxylic acids is 2. The van der Waals surface area contributed by atoms with E-state index in [2.05, 4.69) is 13.8 Å². The summed E-state index contributed by atoms with van der Waals surface area (Å²) in [6, 6.07) is 0. The zero-order valence-electron chi connectivity index (χ0n) is 10.8. The first kappa shape index (κ1) is 15.7. The van der Waals surface area contributed by atoms with Crippen molar-refractivity contribution in [1.82, 2.24) is 0 Å². The van der Waals surface area contributed by atoms with Crippen LogP contribution in [-0.2, 0) is 19.1 Å². The predicted molar refractivity (Wildman–Crippen MR) is 75.0 cm³/mol. The van der Waals surface area contributed by atoms with E-state index >= 15 is 0 Å². The molecule has 2 unspecified atom stereocenters. The van der Waals surface area contributed by atoms with E-state index in [4.69, 9.17) is 9.47 Å². The minimum Gasteiger partial charge on any atom is -0.448 e. The van der Waals surface area contributed by atoms with Gasteiger partial charge in [-0.05, 0) is 23.0 Å². The number of carbonyl (C=O) groups is 2. The lowest BCUT2D eigenvalue weighted by molar-refractivity contribution is -0.195. The molecule has 1 rings (SSSR count). The third-order valence-corrected chi connectivity index (χ3v) is 4.36. The van der Waals surface area contributed by atoms with Gasteiger partial charge in [-0.15, -0.1) is 0 Å². The molecule has 0 saturated carbocycles. The Balaban J connectivity index is 2.34. The molecule has 0 bridgehead atoms. The van der Waals surface area contributed by atoms with Crippen LogP contribution in [0.3, 0.4) is 0 Å². The molecule has 0 spiro atoms. The fourth-order valence-electron chi connectivity index (χ4n) is 1.55. The van der Waals surface area contributed by atoms with Gasteiger partial charge in [-0.2, -0.15) is 23.5 Å². The highest BCUT2D eigenvalue weighted by atomic mass is 32.2. The third kappa shape index (κ3) is 5.10. The standard InChI is InChI=1S/C12H20O4S2/c1-3-17-7-5-9-11(13)16-10(12(14)15-9)6-8-18-4-2/h9-10H,3-8H2,1-2H3. The summed E-state index contributed by atoms with van der Waals surface area (Å²) in [7, 11) is 0. The lowest BCUT2D eigenvalue weighted by Crippen LogP contribution is -2.44. The number of hydrogen-bond donors (Lipinski definition) is 0. The van der Waals surface area contributed by atoms with Gasteiger partial charge in [0.15, 0.2) is 12.2 Å². The molecule has 0 radical (unpaired) electrons. The third-order valence-electron chi connectivity index (χ3n) is 2.50. The monoisotopic (exact) mass is 292 g/mol. The number of ether oxygens (including phenoxy) is 2. The quantitative estimate of drug-likeness (QED) is 0.504. The lowest BCUT2D eigenvalue weighted by atomic mass is 10.2. The highest BCUT2D eigenvalue weighted by molar-refractivity contribution is 7.99. The average Bonchev–Trinajstić information content (AvgIpc) is 2.35. The molecule has 104 valence electrons. The first-order valence-corrected chi connectivity index (χ1v) is 8.56. The fraction of sp³-hybridized carbons (Fsp3) is 0.833. The van der Waals surface area contributed by atoms with Gasteiger partial charge in [0.2, 0.25) is 0 Å². The second kappa shape index (κ2) is 8.69. The van der Waals surface area contributed by atoms with Crippen molar-refractivity contribution in [2.24, 2.45) is 0 Å². The molecule has 0 aromatic heterocycles. The van der Waals surface area contributed by atoms with E-state index in [0.717, 1.165) is 23.0 Å². The average molecular weight is 292 g/mol. The van der Waals surface area contributed by atoms with Crippen LogP contribution in [0.5, 0.6) is 0 Å². The summed E-state index contributed by atoms with van der Waals surface area (Å²) in [6.07, 6.45) is -0.322. The van der Waals surface area contributed by atoms with E-state index in [0.29, 0.717) is 12.8 Å². The molecule has 1 heterocycles. The normalized spacial score (nSPS) is 23.7. The topological polar surface area (TPSA) is 52.6 Å². The van der Waals surface area contributed by atoms with E-state index in [-0.39, 0.29) is 0 Å². The Morgan fingerprint density at radius 3 is 1.61 bits per heavy atom. The van der Waals surface area contributed by atoms with Gasteiger partial charge in [0.05, 0.1) is 0 Å². The van der Waals surface area contributed by atoms with Crippen molar-refractivity contribution in [3.05, 3.63) is 0 Å². The minimum atomic E-state index is -0.702. The van der Waals surface area contributed by atoms with E-state index in [1.54, 1.807) is 23.5 Å². The van der Waals surface area contributed by atoms with Crippen molar-refractivity contribution in [1.29, 1.82) is 0 Å². The van der Waals surface area contributed by atoms with Gasteiger partial charge in [0.1, 0.15) is 0 Å². The van der Waals surface area contributed by atoms with Gasteiger partial charge >= 0.3 is 11.9 Å². The molecule has 6 heteroatoms. The van der Waals surface area contributed by atoms with E-state index < -0.39 is 24.1 Å². The van der Waals surface area contributed by atoms with Gasteiger partial charge in [0, 0.05) is 12.8 Å². The molecule has 0 aromatic rings. The van der Waals surface area contributed by atoms with Crippen molar-refractivity contribution in [2.45, 2.75) is 38.9 Å². The molecule has 1 saturated heterocycles. The Morgan fingerprint density at radius 2 is 1.28 bits per heavy atom. The van der Waals surface area contributed by atoms with Crippen LogP contribution < -0.4 is 0 Å². The molecular formula is C12H20O4S2. The zero-order valence-corrected chi connectivity index (χ0v) is 12.5. The van der Waals surface area contributed by atoms with Crippen LogP contribution in [0.1, 0.15) is 26.7 Å². The van der Waals surface area contributed by atoms with Crippen molar-refractivity contribution in [2.75, 3.05) is 23.0 Å². The summed E-state index contributed by atoms with van der Waals surface area (Å²) in [5.41, 5.74) is 0. The van der Waals surface area contributed by atoms with Gasteiger partial charge in [-0.25, -0.2) is 9.59 Å². The largest absolute Gasteiger partial charge is 0.448 e. The summed E-state index contributed by atoms with van der Waals surface area (Å²) < 4.78 is 10.3. The van der Waals surface area contributed by atoms with Crippen LogP contribution in [0.15, 0.2) is 0 Å². The van der Waals surface area contributed by atoms with Crippen LogP contribution in [0, 0.1) is 0 Å². The molecule has 0 N–H and O–H groups in total. The summed E-state index contributed by atoms with van der Waals surface area (Å²) in [5.74, 6) is 2.81. The Labute approximate surface area is 117 Å². The van der Waals surface area contributed by atoms with Gasteiger partial charge in [-0.3, -0.25) is 0 Å². The van der Waals surface area contributed by atoms with Gasteiger partial charge in [0.25, 0.3) is 0 Å². The zero-order chi connectivity index (χ0) is 13.4. The maximum atomic E-state index is 11.7. The van der Waals surface area contributed by atoms with Crippen LogP contribution in [0.25, 0.3) is 0 Å². The summed E-state index contributed by atoms with van der Waals surface area (Å²) in [4.78, 5) is 23.3. The molecule has 1 aliphatic rings. The number of rotatable bonds is 8. The summed E-state index contributed by atoms with van der Waals surface area (Å²) in [5, 5.41) is 0. The maximum absolute atomic E-state index is 11.7. The van der Waals surface area contributed by atoms with Crippen LogP contribution in [0.4, 0.5) is 0 Å². The van der Waals surface area contributed by atoms with Crippen molar-refractivity contribution in [3.63, 3.8) is 0 Å². The Kier molecular flexibility index (Phi) is 7.58. The lowest BCUT2D eigenvalue weighted by Gasteiger charge is -2.27. The number of thioether (sulfide) groups is 2. The van der Waals surface area contributed by atoms with Gasteiger partial charge < -0.3 is 9.47 Å². The van der Waals surface area contributed by atoms with Crippen molar-refractivity contribution in [3.8, 4) is 0 Å². The molecule has 0 aromatic carbocycles. The van der Waals surface area contributed by atoms with Crippen LogP contribution in [-0.4, -0.2) is 47.2 Å². The Bertz CT molecular complexity index is 255. The number of hydrogen-bond acceptors (Lipinski definition) is 6. The van der Waals surface area contributed by atoms with E-state index in [1.807, 2.05) is 0 Å². The molecule has 2 atom stereocenters. The Morgan fingerprint density at radius 1 is 0.889 bits per heavy atom. The van der Waals surface area contributed by atoms with Crippen LogP contribution >= 0.6 is 23.5 Å². The molecule has 0 aliphatic carbocycles. The van der Waals surface area contributed by atoms with Gasteiger partial charge in [-0.1, -0.05) is 13.8 Å². The molecule has 1 aliphatic heterocycles. The number of cyclic esters (lactones) is 2. The van der Waals surface area contributed by atoms with Crippen molar-refractivity contribution >= 4 is 35.5 Å². The fourth-order valence-corrected chi connectivity index (χ4v) is 2.89. The molecule has 0 amide bonds. The first-order chi connectivity index (χ1) is 8.69. The van der Waals surface area contributed by atoms with Crippen LogP contribution in [0.2, 0.25) is 0 Å². The smallest absolute Gasteiger partial charge is 0.348 e. The molecular weight excluding hydrogens is 272 g/mol. The summed E-state index contributed by atoms with van der Waals surface area (Å²) in [6.45, 7) is 4.11. The van der Waals surface area contributed by atoms with E-state index in [9.17, 15) is 9.59 Å². The SMILES string of the molecule is CCSCCC1OC(=O)C(CCSCC)OC1=O. The molecule has 18 heavy (non-hydrogen) atoms. The summed E-state index contributed by atoms with van der Waals surface area (Å²) >= 11 is 3.44. The predicted octanol–water partition coefficient (Wildman–Crippen LogP) is 2.11. The highest BCUT2D eigenvalue weighted by Gasteiger charge is 2.37. The second-order valence-electron chi connectivity index (χ2n) is 3.82. The minimum absolute atomic E-state index is 0.391. The Hall–Kier alpha value is -0.360. The number of esters is 2. The maximum Gasteiger partial charge on any atom is 0.348 e. The highest BCUT2D eigenvalue weighted by Crippen LogP contribution is 2.19. The van der Waals surface area contributed by atoms with Crippen molar-refractivity contribution < 1.29 is 19.1 Å². The molecule has 1 fully saturated rings. The second-order valence-corrected chi connectivity index (χ2v) is 6.61. The molecule has 4 nitrogen and oxygen atoms in total. The van der Waals surface area contributed by atoms with E-state index in [1.165, 1.54) is 0 Å². The first-order valence-electron chi connectivity index (χ1n) is 6.25.